The minimum absolute atomic E-state index is 0.434. The van der Waals surface area contributed by atoms with E-state index in [1.807, 2.05) is 0 Å². The third-order valence-corrected chi connectivity index (χ3v) is 4.81. The van der Waals surface area contributed by atoms with Gasteiger partial charge >= 0.3 is 0 Å². The van der Waals surface area contributed by atoms with E-state index in [0.29, 0.717) is 11.0 Å². The van der Waals surface area contributed by atoms with E-state index >= 15 is 0 Å². The zero-order chi connectivity index (χ0) is 9.69. The van der Waals surface area contributed by atoms with Gasteiger partial charge in [-0.1, -0.05) is 12.8 Å². The van der Waals surface area contributed by atoms with Gasteiger partial charge in [-0.2, -0.15) is 0 Å². The summed E-state index contributed by atoms with van der Waals surface area (Å²) >= 11 is 0. The predicted octanol–water partition coefficient (Wildman–Crippen LogP) is 3.05. The average Bonchev–Trinajstić information content (AvgIpc) is 2.55. The number of likely N-dealkylation sites (tertiary alicyclic amines) is 1. The van der Waals surface area contributed by atoms with Crippen molar-refractivity contribution in [3.05, 3.63) is 0 Å². The highest BCUT2D eigenvalue weighted by atomic mass is 15.2. The second-order valence-electron chi connectivity index (χ2n) is 5.85. The maximum Gasteiger partial charge on any atom is 0.0159 e. The van der Waals surface area contributed by atoms with Crippen molar-refractivity contribution in [3.8, 4) is 0 Å². The van der Waals surface area contributed by atoms with Gasteiger partial charge in [0.15, 0.2) is 0 Å². The van der Waals surface area contributed by atoms with Crippen molar-refractivity contribution >= 4 is 0 Å². The Morgan fingerprint density at radius 2 is 1.69 bits per heavy atom. The lowest BCUT2D eigenvalue weighted by atomic mass is 9.76. The van der Waals surface area contributed by atoms with E-state index in [9.17, 15) is 0 Å². The summed E-state index contributed by atoms with van der Waals surface area (Å²) in [5, 5.41) is 0. The molecule has 0 N–H and O–H groups in total. The highest BCUT2D eigenvalue weighted by Gasteiger charge is 2.52. The molecule has 0 aromatic heterocycles. The van der Waals surface area contributed by atoms with Crippen molar-refractivity contribution in [2.75, 3.05) is 7.05 Å². The van der Waals surface area contributed by atoms with E-state index in [0.717, 1.165) is 6.04 Å². The zero-order valence-electron chi connectivity index (χ0n) is 9.56. The van der Waals surface area contributed by atoms with Crippen LogP contribution in [0.5, 0.6) is 0 Å². The molecule has 1 heterocycles. The molecule has 1 heteroatoms. The molecule has 0 aromatic rings. The number of rotatable bonds is 0. The van der Waals surface area contributed by atoms with Gasteiger partial charge in [-0.15, -0.1) is 0 Å². The molecule has 1 saturated heterocycles. The third-order valence-electron chi connectivity index (χ3n) is 4.81. The second-order valence-corrected chi connectivity index (χ2v) is 5.85. The molecule has 1 nitrogen and oxygen atoms in total. The monoisotopic (exact) mass is 181 g/mol. The van der Waals surface area contributed by atoms with Crippen LogP contribution in [-0.4, -0.2) is 23.5 Å². The van der Waals surface area contributed by atoms with Crippen LogP contribution in [0.2, 0.25) is 0 Å². The van der Waals surface area contributed by atoms with Gasteiger partial charge in [0.05, 0.1) is 0 Å². The fourth-order valence-corrected chi connectivity index (χ4v) is 3.74. The summed E-state index contributed by atoms with van der Waals surface area (Å²) in [5.74, 6) is 0. The molecule has 2 rings (SSSR count). The smallest absolute Gasteiger partial charge is 0.0159 e. The fraction of sp³-hybridized carbons (Fsp3) is 1.00. The predicted molar refractivity (Wildman–Crippen MR) is 56.8 cm³/mol. The summed E-state index contributed by atoms with van der Waals surface area (Å²) in [6.45, 7) is 7.23. The summed E-state index contributed by atoms with van der Waals surface area (Å²) in [6.07, 6.45) is 7.30. The van der Waals surface area contributed by atoms with Crippen LogP contribution in [0.3, 0.4) is 0 Å². The molecule has 13 heavy (non-hydrogen) atoms. The Bertz CT molecular complexity index is 201. The molecule has 0 aromatic carbocycles. The first-order valence-corrected chi connectivity index (χ1v) is 5.71. The highest BCUT2D eigenvalue weighted by molar-refractivity contribution is 5.06. The fourth-order valence-electron chi connectivity index (χ4n) is 3.74. The molecule has 1 spiro atoms. The second kappa shape index (κ2) is 2.73. The number of hydrogen-bond donors (Lipinski definition) is 0. The molecule has 0 amide bonds. The normalized spacial score (nSPS) is 37.4. The number of hydrogen-bond acceptors (Lipinski definition) is 1. The van der Waals surface area contributed by atoms with Gasteiger partial charge in [0, 0.05) is 11.6 Å². The summed E-state index contributed by atoms with van der Waals surface area (Å²) < 4.78 is 0. The first kappa shape index (κ1) is 9.51. The molecular formula is C12H23N. The summed E-state index contributed by atoms with van der Waals surface area (Å²) in [6, 6.07) is 0.796. The van der Waals surface area contributed by atoms with Crippen molar-refractivity contribution in [3.63, 3.8) is 0 Å². The third kappa shape index (κ3) is 1.24. The quantitative estimate of drug-likeness (QED) is 0.555. The van der Waals surface area contributed by atoms with Crippen LogP contribution in [0.4, 0.5) is 0 Å². The summed E-state index contributed by atoms with van der Waals surface area (Å²) in [4.78, 5) is 2.60. The highest BCUT2D eigenvalue weighted by Crippen LogP contribution is 2.54. The molecule has 2 fully saturated rings. The van der Waals surface area contributed by atoms with Crippen LogP contribution < -0.4 is 0 Å². The summed E-state index contributed by atoms with van der Waals surface area (Å²) in [5.41, 5.74) is 1.11. The Morgan fingerprint density at radius 1 is 1.15 bits per heavy atom. The van der Waals surface area contributed by atoms with Crippen LogP contribution in [0, 0.1) is 5.41 Å². The van der Waals surface area contributed by atoms with Gasteiger partial charge in [-0.25, -0.2) is 0 Å². The van der Waals surface area contributed by atoms with E-state index in [-0.39, 0.29) is 0 Å². The molecule has 2 aliphatic rings. The van der Waals surface area contributed by atoms with Crippen LogP contribution in [-0.2, 0) is 0 Å². The van der Waals surface area contributed by atoms with Crippen LogP contribution in [0.15, 0.2) is 0 Å². The van der Waals surface area contributed by atoms with Crippen LogP contribution >= 0.6 is 0 Å². The lowest BCUT2D eigenvalue weighted by Crippen LogP contribution is -2.39. The molecule has 0 radical (unpaired) electrons. The van der Waals surface area contributed by atoms with Crippen molar-refractivity contribution in [2.45, 2.75) is 64.5 Å². The van der Waals surface area contributed by atoms with E-state index in [2.05, 4.69) is 32.7 Å². The average molecular weight is 181 g/mol. The minimum atomic E-state index is 0.434. The largest absolute Gasteiger partial charge is 0.298 e. The van der Waals surface area contributed by atoms with Gasteiger partial charge in [-0.3, -0.25) is 4.90 Å². The maximum absolute atomic E-state index is 2.60. The molecule has 0 bridgehead atoms. The van der Waals surface area contributed by atoms with E-state index < -0.39 is 0 Å². The Hall–Kier alpha value is -0.0400. The topological polar surface area (TPSA) is 3.24 Å². The molecule has 1 unspecified atom stereocenters. The van der Waals surface area contributed by atoms with Crippen molar-refractivity contribution < 1.29 is 0 Å². The standard InChI is InChI=1S/C12H23N/c1-10-12(7-5-6-8-12)9-11(2,3)13(10)4/h10H,5-9H2,1-4H3. The first-order valence-electron chi connectivity index (χ1n) is 5.71. The van der Waals surface area contributed by atoms with Gasteiger partial charge in [-0.05, 0) is 52.5 Å². The van der Waals surface area contributed by atoms with Gasteiger partial charge in [0.2, 0.25) is 0 Å². The Balaban J connectivity index is 2.24. The molecule has 76 valence electrons. The molecular weight excluding hydrogens is 158 g/mol. The van der Waals surface area contributed by atoms with E-state index in [4.69, 9.17) is 0 Å². The molecule has 1 aliphatic carbocycles. The SMILES string of the molecule is CC1N(C)C(C)(C)CC12CCCC2. The lowest BCUT2D eigenvalue weighted by molar-refractivity contribution is 0.154. The van der Waals surface area contributed by atoms with Crippen LogP contribution in [0.25, 0.3) is 0 Å². The van der Waals surface area contributed by atoms with Crippen molar-refractivity contribution in [1.82, 2.24) is 4.90 Å². The van der Waals surface area contributed by atoms with E-state index in [1.165, 1.54) is 32.1 Å². The minimum Gasteiger partial charge on any atom is -0.298 e. The van der Waals surface area contributed by atoms with E-state index in [1.54, 1.807) is 0 Å². The van der Waals surface area contributed by atoms with Gasteiger partial charge < -0.3 is 0 Å². The molecule has 1 saturated carbocycles. The number of nitrogens with zero attached hydrogens (tertiary/aromatic N) is 1. The zero-order valence-corrected chi connectivity index (χ0v) is 9.56. The summed E-state index contributed by atoms with van der Waals surface area (Å²) in [7, 11) is 2.30. The van der Waals surface area contributed by atoms with Gasteiger partial charge in [0.25, 0.3) is 0 Å². The van der Waals surface area contributed by atoms with Gasteiger partial charge in [0.1, 0.15) is 0 Å². The van der Waals surface area contributed by atoms with Crippen molar-refractivity contribution in [1.29, 1.82) is 0 Å². The Morgan fingerprint density at radius 3 is 2.08 bits per heavy atom. The lowest BCUT2D eigenvalue weighted by Gasteiger charge is -2.32. The molecule has 1 aliphatic heterocycles. The maximum atomic E-state index is 2.60. The first-order chi connectivity index (χ1) is 5.98. The van der Waals surface area contributed by atoms with Crippen molar-refractivity contribution in [2.24, 2.45) is 5.41 Å². The Kier molecular flexibility index (Phi) is 1.99. The van der Waals surface area contributed by atoms with Crippen LogP contribution in [0.1, 0.15) is 52.9 Å². The molecule has 1 atom stereocenters. The Labute approximate surface area is 82.5 Å².